The fourth-order valence-electron chi connectivity index (χ4n) is 2.89. The number of aromatic nitrogens is 1. The van der Waals surface area contributed by atoms with Crippen LogP contribution in [0.2, 0.25) is 0 Å². The van der Waals surface area contributed by atoms with Gasteiger partial charge in [0, 0.05) is 10.9 Å². The quantitative estimate of drug-likeness (QED) is 0.568. The highest BCUT2D eigenvalue weighted by Gasteiger charge is 2.15. The highest BCUT2D eigenvalue weighted by Crippen LogP contribution is 2.29. The highest BCUT2D eigenvalue weighted by atomic mass is 19.2. The summed E-state index contributed by atoms with van der Waals surface area (Å²) in [4.78, 5) is 4.41. The van der Waals surface area contributed by atoms with Gasteiger partial charge in [0.2, 0.25) is 5.82 Å². The van der Waals surface area contributed by atoms with Crippen molar-refractivity contribution in [3.8, 4) is 17.0 Å². The molecule has 0 saturated carbocycles. The maximum atomic E-state index is 14.1. The van der Waals surface area contributed by atoms with Gasteiger partial charge in [-0.1, -0.05) is 24.3 Å². The summed E-state index contributed by atoms with van der Waals surface area (Å²) < 4.78 is 27.7. The zero-order valence-corrected chi connectivity index (χ0v) is 15.0. The van der Waals surface area contributed by atoms with Crippen LogP contribution in [0, 0.1) is 11.6 Å². The highest BCUT2D eigenvalue weighted by molar-refractivity contribution is 5.84. The van der Waals surface area contributed by atoms with Crippen LogP contribution in [0.5, 0.6) is 5.75 Å². The molecule has 0 fully saturated rings. The molecule has 0 spiro atoms. The number of aliphatic hydroxyl groups is 1. The molecule has 3 aromatic rings. The molecule has 0 amide bonds. The summed E-state index contributed by atoms with van der Waals surface area (Å²) in [6.45, 7) is 1.78. The molecule has 27 heavy (non-hydrogen) atoms. The van der Waals surface area contributed by atoms with Gasteiger partial charge >= 0.3 is 0 Å². The van der Waals surface area contributed by atoms with E-state index in [-0.39, 0.29) is 11.7 Å². The van der Waals surface area contributed by atoms with E-state index < -0.39 is 17.4 Å². The van der Waals surface area contributed by atoms with Crippen molar-refractivity contribution in [3.05, 3.63) is 65.7 Å². The predicted molar refractivity (Wildman–Crippen MR) is 103 cm³/mol. The minimum Gasteiger partial charge on any atom is -0.505 e. The molecular formula is C22H21F2NO2. The standard InChI is InChI=1S/C22H21F2NO2/c1-14(26)5-3-2-4-6-15-7-10-18-16(13-15)8-11-19(25-18)17-9-12-20(27)22(24)21(17)23/h4,6-14,26-27H,2-3,5H2,1H3/b6-4+. The van der Waals surface area contributed by atoms with Crippen molar-refractivity contribution < 1.29 is 19.0 Å². The molecule has 0 saturated heterocycles. The molecule has 5 heteroatoms. The van der Waals surface area contributed by atoms with Gasteiger partial charge in [0.15, 0.2) is 11.6 Å². The van der Waals surface area contributed by atoms with Crippen molar-refractivity contribution in [3.63, 3.8) is 0 Å². The summed E-state index contributed by atoms with van der Waals surface area (Å²) >= 11 is 0. The fraction of sp³-hybridized carbons (Fsp3) is 0.227. The topological polar surface area (TPSA) is 53.4 Å². The molecule has 0 aliphatic rings. The number of hydrogen-bond donors (Lipinski definition) is 2. The average molecular weight is 369 g/mol. The molecule has 0 aliphatic carbocycles. The summed E-state index contributed by atoms with van der Waals surface area (Å²) in [5.41, 5.74) is 2.01. The lowest BCUT2D eigenvalue weighted by atomic mass is 10.1. The Morgan fingerprint density at radius 2 is 1.89 bits per heavy atom. The number of benzene rings is 2. The zero-order chi connectivity index (χ0) is 19.4. The van der Waals surface area contributed by atoms with Crippen LogP contribution in [0.25, 0.3) is 28.2 Å². The summed E-state index contributed by atoms with van der Waals surface area (Å²) in [7, 11) is 0. The molecule has 1 aromatic heterocycles. The first-order valence-corrected chi connectivity index (χ1v) is 8.88. The summed E-state index contributed by atoms with van der Waals surface area (Å²) in [6.07, 6.45) is 6.42. The van der Waals surface area contributed by atoms with E-state index >= 15 is 0 Å². The normalized spacial score (nSPS) is 12.7. The van der Waals surface area contributed by atoms with Gasteiger partial charge in [-0.15, -0.1) is 0 Å². The summed E-state index contributed by atoms with van der Waals surface area (Å²) in [5.74, 6) is -3.11. The SMILES string of the molecule is CC(O)CCC/C=C/c1ccc2nc(-c3ccc(O)c(F)c3F)ccc2c1. The number of nitrogens with zero attached hydrogens (tertiary/aromatic N) is 1. The average Bonchev–Trinajstić information content (AvgIpc) is 2.65. The van der Waals surface area contributed by atoms with Crippen LogP contribution in [0.1, 0.15) is 31.7 Å². The first kappa shape index (κ1) is 19.0. The van der Waals surface area contributed by atoms with Crippen LogP contribution in [0.15, 0.2) is 48.5 Å². The number of unbranched alkanes of at least 4 members (excludes halogenated alkanes) is 1. The lowest BCUT2D eigenvalue weighted by molar-refractivity contribution is 0.182. The first-order chi connectivity index (χ1) is 13.0. The van der Waals surface area contributed by atoms with Gasteiger partial charge in [-0.25, -0.2) is 9.37 Å². The van der Waals surface area contributed by atoms with Crippen molar-refractivity contribution in [2.75, 3.05) is 0 Å². The van der Waals surface area contributed by atoms with Crippen LogP contribution < -0.4 is 0 Å². The van der Waals surface area contributed by atoms with Crippen LogP contribution in [-0.4, -0.2) is 21.3 Å². The maximum Gasteiger partial charge on any atom is 0.201 e. The number of phenolic OH excluding ortho intramolecular Hbond substituents is 1. The summed E-state index contributed by atoms with van der Waals surface area (Å²) in [5, 5.41) is 19.4. The number of hydrogen-bond acceptors (Lipinski definition) is 3. The predicted octanol–water partition coefficient (Wildman–Crippen LogP) is 5.45. The number of aromatic hydroxyl groups is 1. The number of phenols is 1. The Kier molecular flexibility index (Phi) is 5.81. The van der Waals surface area contributed by atoms with E-state index in [2.05, 4.69) is 11.1 Å². The van der Waals surface area contributed by atoms with Crippen molar-refractivity contribution in [1.29, 1.82) is 0 Å². The van der Waals surface area contributed by atoms with E-state index in [4.69, 9.17) is 0 Å². The molecule has 0 bridgehead atoms. The molecule has 0 aliphatic heterocycles. The maximum absolute atomic E-state index is 14.1. The van der Waals surface area contributed by atoms with E-state index in [1.165, 1.54) is 6.07 Å². The third-order valence-electron chi connectivity index (χ3n) is 4.35. The molecule has 1 atom stereocenters. The summed E-state index contributed by atoms with van der Waals surface area (Å²) in [6, 6.07) is 11.6. The first-order valence-electron chi connectivity index (χ1n) is 8.88. The second kappa shape index (κ2) is 8.27. The van der Waals surface area contributed by atoms with Crippen LogP contribution in [-0.2, 0) is 0 Å². The molecule has 3 rings (SSSR count). The van der Waals surface area contributed by atoms with Gasteiger partial charge in [0.1, 0.15) is 0 Å². The number of halogens is 2. The van der Waals surface area contributed by atoms with Gasteiger partial charge in [-0.05, 0) is 62.1 Å². The third kappa shape index (κ3) is 4.49. The van der Waals surface area contributed by atoms with E-state index in [1.54, 1.807) is 13.0 Å². The van der Waals surface area contributed by atoms with E-state index in [0.717, 1.165) is 36.3 Å². The largest absolute Gasteiger partial charge is 0.505 e. The van der Waals surface area contributed by atoms with E-state index in [1.807, 2.05) is 30.3 Å². The van der Waals surface area contributed by atoms with Crippen molar-refractivity contribution >= 4 is 17.0 Å². The van der Waals surface area contributed by atoms with Gasteiger partial charge in [-0.3, -0.25) is 0 Å². The number of allylic oxidation sites excluding steroid dienone is 1. The molecule has 3 nitrogen and oxygen atoms in total. The lowest BCUT2D eigenvalue weighted by Crippen LogP contribution is -1.97. The smallest absolute Gasteiger partial charge is 0.201 e. The number of pyridine rings is 1. The Morgan fingerprint density at radius 1 is 1.07 bits per heavy atom. The minimum absolute atomic E-state index is 0.00860. The van der Waals surface area contributed by atoms with Gasteiger partial charge in [0.05, 0.1) is 17.3 Å². The second-order valence-corrected chi connectivity index (χ2v) is 6.59. The van der Waals surface area contributed by atoms with Crippen molar-refractivity contribution in [1.82, 2.24) is 4.98 Å². The monoisotopic (exact) mass is 369 g/mol. The molecule has 140 valence electrons. The van der Waals surface area contributed by atoms with Gasteiger partial charge in [0.25, 0.3) is 0 Å². The number of fused-ring (bicyclic) bond motifs is 1. The molecule has 1 heterocycles. The Balaban J connectivity index is 1.81. The Morgan fingerprint density at radius 3 is 2.67 bits per heavy atom. The van der Waals surface area contributed by atoms with Gasteiger partial charge in [-0.2, -0.15) is 4.39 Å². The fourth-order valence-corrected chi connectivity index (χ4v) is 2.89. The van der Waals surface area contributed by atoms with Crippen molar-refractivity contribution in [2.24, 2.45) is 0 Å². The van der Waals surface area contributed by atoms with Crippen LogP contribution in [0.3, 0.4) is 0 Å². The molecular weight excluding hydrogens is 348 g/mol. The molecule has 2 N–H and O–H groups in total. The van der Waals surface area contributed by atoms with Crippen LogP contribution in [0.4, 0.5) is 8.78 Å². The Labute approximate surface area is 156 Å². The number of aliphatic hydroxyl groups excluding tert-OH is 1. The number of rotatable bonds is 6. The molecule has 0 radical (unpaired) electrons. The molecule has 2 aromatic carbocycles. The van der Waals surface area contributed by atoms with Crippen LogP contribution >= 0.6 is 0 Å². The lowest BCUT2D eigenvalue weighted by Gasteiger charge is -2.07. The van der Waals surface area contributed by atoms with Gasteiger partial charge < -0.3 is 10.2 Å². The molecule has 1 unspecified atom stereocenters. The Hall–Kier alpha value is -2.79. The second-order valence-electron chi connectivity index (χ2n) is 6.59. The third-order valence-corrected chi connectivity index (χ3v) is 4.35. The minimum atomic E-state index is -1.27. The van der Waals surface area contributed by atoms with E-state index in [9.17, 15) is 19.0 Å². The zero-order valence-electron chi connectivity index (χ0n) is 15.0. The van der Waals surface area contributed by atoms with Crippen molar-refractivity contribution in [2.45, 2.75) is 32.3 Å². The van der Waals surface area contributed by atoms with E-state index in [0.29, 0.717) is 11.2 Å². The Bertz CT molecular complexity index is 983.